The SMILES string of the molecule is COC(=O)c1ccc(CN2CCN(CC(=O)Nc3ccc(F)cc3)CC2)cc1. The monoisotopic (exact) mass is 385 g/mol. The standard InChI is InChI=1S/C21H24FN3O3/c1-28-21(27)17-4-2-16(3-5-17)14-24-10-12-25(13-11-24)15-20(26)23-19-8-6-18(22)7-9-19/h2-9H,10-15H2,1H3,(H,23,26). The molecule has 0 atom stereocenters. The van der Waals surface area contributed by atoms with Crippen molar-refractivity contribution in [3.63, 3.8) is 0 Å². The van der Waals surface area contributed by atoms with Crippen molar-refractivity contribution >= 4 is 17.6 Å². The maximum Gasteiger partial charge on any atom is 0.337 e. The van der Waals surface area contributed by atoms with Crippen molar-refractivity contribution in [2.45, 2.75) is 6.54 Å². The normalized spacial score (nSPS) is 15.2. The molecule has 2 aromatic carbocycles. The number of ether oxygens (including phenoxy) is 1. The number of methoxy groups -OCH3 is 1. The van der Waals surface area contributed by atoms with Gasteiger partial charge in [0, 0.05) is 38.4 Å². The van der Waals surface area contributed by atoms with E-state index in [9.17, 15) is 14.0 Å². The van der Waals surface area contributed by atoms with Crippen molar-refractivity contribution in [3.8, 4) is 0 Å². The zero-order chi connectivity index (χ0) is 19.9. The zero-order valence-corrected chi connectivity index (χ0v) is 15.9. The van der Waals surface area contributed by atoms with Crippen LogP contribution in [0, 0.1) is 5.82 Å². The van der Waals surface area contributed by atoms with Gasteiger partial charge in [0.25, 0.3) is 0 Å². The summed E-state index contributed by atoms with van der Waals surface area (Å²) in [6.07, 6.45) is 0. The molecule has 2 aromatic rings. The first-order valence-corrected chi connectivity index (χ1v) is 9.21. The molecule has 1 N–H and O–H groups in total. The van der Waals surface area contributed by atoms with E-state index in [1.807, 2.05) is 12.1 Å². The summed E-state index contributed by atoms with van der Waals surface area (Å²) in [7, 11) is 1.37. The quantitative estimate of drug-likeness (QED) is 0.774. The number of halogens is 1. The van der Waals surface area contributed by atoms with E-state index in [1.165, 1.54) is 19.2 Å². The third kappa shape index (κ3) is 5.61. The number of rotatable bonds is 6. The Morgan fingerprint density at radius 2 is 1.57 bits per heavy atom. The Bertz CT molecular complexity index is 801. The highest BCUT2D eigenvalue weighted by molar-refractivity contribution is 5.92. The van der Waals surface area contributed by atoms with Crippen LogP contribution in [0.3, 0.4) is 0 Å². The molecule has 0 spiro atoms. The van der Waals surface area contributed by atoms with Gasteiger partial charge in [0.2, 0.25) is 5.91 Å². The van der Waals surface area contributed by atoms with E-state index in [0.29, 0.717) is 17.8 Å². The van der Waals surface area contributed by atoms with Crippen molar-refractivity contribution in [3.05, 3.63) is 65.5 Å². The maximum absolute atomic E-state index is 12.9. The van der Waals surface area contributed by atoms with Crippen LogP contribution in [0.1, 0.15) is 15.9 Å². The lowest BCUT2D eigenvalue weighted by Gasteiger charge is -2.34. The first-order valence-electron chi connectivity index (χ1n) is 9.21. The lowest BCUT2D eigenvalue weighted by Crippen LogP contribution is -2.48. The van der Waals surface area contributed by atoms with Crippen LogP contribution >= 0.6 is 0 Å². The highest BCUT2D eigenvalue weighted by atomic mass is 19.1. The largest absolute Gasteiger partial charge is 0.465 e. The Kier molecular flexibility index (Phi) is 6.73. The molecule has 0 unspecified atom stereocenters. The van der Waals surface area contributed by atoms with E-state index < -0.39 is 0 Å². The summed E-state index contributed by atoms with van der Waals surface area (Å²) >= 11 is 0. The van der Waals surface area contributed by atoms with Gasteiger partial charge in [-0.25, -0.2) is 9.18 Å². The van der Waals surface area contributed by atoms with Crippen LogP contribution in [0.5, 0.6) is 0 Å². The molecule has 0 radical (unpaired) electrons. The van der Waals surface area contributed by atoms with Gasteiger partial charge in [-0.1, -0.05) is 12.1 Å². The molecule has 28 heavy (non-hydrogen) atoms. The summed E-state index contributed by atoms with van der Waals surface area (Å²) in [6.45, 7) is 4.45. The Morgan fingerprint density at radius 1 is 0.964 bits per heavy atom. The van der Waals surface area contributed by atoms with Gasteiger partial charge in [-0.15, -0.1) is 0 Å². The van der Waals surface area contributed by atoms with Crippen LogP contribution in [0.25, 0.3) is 0 Å². The number of hydrogen-bond acceptors (Lipinski definition) is 5. The minimum absolute atomic E-state index is 0.0987. The number of nitrogens with one attached hydrogen (secondary N) is 1. The molecule has 1 fully saturated rings. The Morgan fingerprint density at radius 3 is 2.18 bits per heavy atom. The second kappa shape index (κ2) is 9.43. The molecule has 1 heterocycles. The minimum Gasteiger partial charge on any atom is -0.465 e. The van der Waals surface area contributed by atoms with Crippen LogP contribution in [-0.4, -0.2) is 61.5 Å². The fourth-order valence-corrected chi connectivity index (χ4v) is 3.16. The van der Waals surface area contributed by atoms with E-state index in [0.717, 1.165) is 38.3 Å². The Hall–Kier alpha value is -2.77. The van der Waals surface area contributed by atoms with Gasteiger partial charge < -0.3 is 10.1 Å². The highest BCUT2D eigenvalue weighted by Crippen LogP contribution is 2.12. The lowest BCUT2D eigenvalue weighted by atomic mass is 10.1. The van der Waals surface area contributed by atoms with Crippen LogP contribution in [0.15, 0.2) is 48.5 Å². The van der Waals surface area contributed by atoms with E-state index in [4.69, 9.17) is 4.74 Å². The maximum atomic E-state index is 12.9. The zero-order valence-electron chi connectivity index (χ0n) is 15.9. The van der Waals surface area contributed by atoms with Gasteiger partial charge in [-0.05, 0) is 42.0 Å². The van der Waals surface area contributed by atoms with E-state index in [1.54, 1.807) is 24.3 Å². The summed E-state index contributed by atoms with van der Waals surface area (Å²) in [5.74, 6) is -0.758. The summed E-state index contributed by atoms with van der Waals surface area (Å²) < 4.78 is 17.6. The van der Waals surface area contributed by atoms with Crippen molar-refractivity contribution in [2.75, 3.05) is 45.2 Å². The van der Waals surface area contributed by atoms with Gasteiger partial charge in [0.1, 0.15) is 5.82 Å². The van der Waals surface area contributed by atoms with Gasteiger partial charge in [0.05, 0.1) is 19.2 Å². The molecule has 0 aromatic heterocycles. The smallest absolute Gasteiger partial charge is 0.337 e. The molecule has 0 saturated carbocycles. The predicted octanol–water partition coefficient (Wildman–Crippen LogP) is 2.37. The number of nitrogens with zero attached hydrogens (tertiary/aromatic N) is 2. The first-order chi connectivity index (χ1) is 13.5. The molecule has 0 aliphatic carbocycles. The summed E-state index contributed by atoms with van der Waals surface area (Å²) in [4.78, 5) is 28.1. The average Bonchev–Trinajstić information content (AvgIpc) is 2.71. The van der Waals surface area contributed by atoms with Gasteiger partial charge in [0.15, 0.2) is 0 Å². The van der Waals surface area contributed by atoms with Gasteiger partial charge in [-0.3, -0.25) is 14.6 Å². The van der Waals surface area contributed by atoms with E-state index in [2.05, 4.69) is 15.1 Å². The lowest BCUT2D eigenvalue weighted by molar-refractivity contribution is -0.117. The van der Waals surface area contributed by atoms with Crippen LogP contribution in [-0.2, 0) is 16.1 Å². The molecular weight excluding hydrogens is 361 g/mol. The molecule has 6 nitrogen and oxygen atoms in total. The predicted molar refractivity (Wildman–Crippen MR) is 105 cm³/mol. The molecule has 7 heteroatoms. The van der Waals surface area contributed by atoms with Crippen molar-refractivity contribution in [1.29, 1.82) is 0 Å². The Labute approximate surface area is 163 Å². The molecule has 0 bridgehead atoms. The third-order valence-corrected chi connectivity index (χ3v) is 4.74. The van der Waals surface area contributed by atoms with Gasteiger partial charge >= 0.3 is 5.97 Å². The molecule has 148 valence electrons. The van der Waals surface area contributed by atoms with Gasteiger partial charge in [-0.2, -0.15) is 0 Å². The van der Waals surface area contributed by atoms with Crippen molar-refractivity contribution in [1.82, 2.24) is 9.80 Å². The fraction of sp³-hybridized carbons (Fsp3) is 0.333. The molecule has 1 amide bonds. The number of carbonyl (C=O) groups is 2. The van der Waals surface area contributed by atoms with Crippen molar-refractivity contribution < 1.29 is 18.7 Å². The number of piperazine rings is 1. The van der Waals surface area contributed by atoms with Crippen LogP contribution in [0.2, 0.25) is 0 Å². The molecular formula is C21H24FN3O3. The first kappa shape index (κ1) is 20.0. The number of anilines is 1. The second-order valence-electron chi connectivity index (χ2n) is 6.80. The number of esters is 1. The Balaban J connectivity index is 1.42. The van der Waals surface area contributed by atoms with Crippen molar-refractivity contribution in [2.24, 2.45) is 0 Å². The number of hydrogen-bond donors (Lipinski definition) is 1. The molecule has 1 aliphatic rings. The topological polar surface area (TPSA) is 61.9 Å². The second-order valence-corrected chi connectivity index (χ2v) is 6.80. The number of benzene rings is 2. The third-order valence-electron chi connectivity index (χ3n) is 4.74. The van der Waals surface area contributed by atoms with E-state index >= 15 is 0 Å². The average molecular weight is 385 g/mol. The highest BCUT2D eigenvalue weighted by Gasteiger charge is 2.19. The summed E-state index contributed by atoms with van der Waals surface area (Å²) in [5, 5.41) is 2.79. The number of amides is 1. The molecule has 3 rings (SSSR count). The molecule has 1 aliphatic heterocycles. The number of carbonyl (C=O) groups excluding carboxylic acids is 2. The fourth-order valence-electron chi connectivity index (χ4n) is 3.16. The minimum atomic E-state index is -0.334. The molecule has 1 saturated heterocycles. The summed E-state index contributed by atoms with van der Waals surface area (Å²) in [6, 6.07) is 13.2. The van der Waals surface area contributed by atoms with Crippen LogP contribution in [0.4, 0.5) is 10.1 Å². The van der Waals surface area contributed by atoms with E-state index in [-0.39, 0.29) is 17.7 Å². The van der Waals surface area contributed by atoms with Crippen LogP contribution < -0.4 is 5.32 Å². The summed E-state index contributed by atoms with van der Waals surface area (Å²) in [5.41, 5.74) is 2.28.